The average molecular weight is 344 g/mol. The maximum atomic E-state index is 13.1. The van der Waals surface area contributed by atoms with E-state index in [2.05, 4.69) is 27.8 Å². The van der Waals surface area contributed by atoms with Crippen LogP contribution in [0.25, 0.3) is 11.3 Å². The second-order valence-corrected chi connectivity index (χ2v) is 6.91. The van der Waals surface area contributed by atoms with Crippen LogP contribution in [0.3, 0.4) is 0 Å². The van der Waals surface area contributed by atoms with E-state index in [9.17, 15) is 9.18 Å². The van der Waals surface area contributed by atoms with Gasteiger partial charge in [0.25, 0.3) is 0 Å². The Hall–Kier alpha value is -2.28. The van der Waals surface area contributed by atoms with Crippen molar-refractivity contribution in [3.8, 4) is 11.3 Å². The number of carbonyl (C=O) groups excluding carboxylic acids is 1. The first kappa shape index (κ1) is 16.2. The number of aromatic nitrogens is 3. The molecular weight excluding hydrogens is 323 g/mol. The number of alkyl halides is 1. The fourth-order valence-corrected chi connectivity index (χ4v) is 3.45. The molecule has 1 aromatic carbocycles. The Labute approximate surface area is 145 Å². The number of carbonyl (C=O) groups is 1. The summed E-state index contributed by atoms with van der Waals surface area (Å²) in [4.78, 5) is 12.4. The highest BCUT2D eigenvalue weighted by Gasteiger charge is 2.53. The Balaban J connectivity index is 1.52. The van der Waals surface area contributed by atoms with E-state index in [0.717, 1.165) is 24.1 Å². The maximum absolute atomic E-state index is 13.1. The number of fused-ring (bicyclic) bond motifs is 1. The standard InChI is InChI=1S/C18H21FN4O2/c19-15(11-24)9-20-17(25)18(6-7-18)23-10-16(21-22-23)14-5-4-12-2-1-3-13(12)8-14/h4-5,8,10,15,24H,1-3,6-7,9,11H2,(H,20,25). The average Bonchev–Trinajstić information content (AvgIpc) is 3.08. The van der Waals surface area contributed by atoms with Gasteiger partial charge in [-0.05, 0) is 49.3 Å². The van der Waals surface area contributed by atoms with Crippen molar-refractivity contribution >= 4 is 5.91 Å². The molecule has 2 aliphatic carbocycles. The number of hydrogen-bond donors (Lipinski definition) is 2. The van der Waals surface area contributed by atoms with Gasteiger partial charge in [-0.1, -0.05) is 17.3 Å². The lowest BCUT2D eigenvalue weighted by Gasteiger charge is -2.15. The molecule has 1 aromatic heterocycles. The first-order valence-corrected chi connectivity index (χ1v) is 8.70. The Morgan fingerprint density at radius 1 is 1.36 bits per heavy atom. The molecule has 0 radical (unpaired) electrons. The SMILES string of the molecule is O=C(NCC(F)CO)C1(n2cc(-c3ccc4c(c3)CCC4)nn2)CC1. The smallest absolute Gasteiger partial charge is 0.248 e. The molecule has 0 saturated heterocycles. The minimum absolute atomic E-state index is 0.191. The first-order valence-electron chi connectivity index (χ1n) is 8.70. The summed E-state index contributed by atoms with van der Waals surface area (Å²) in [5.41, 5.74) is 3.75. The third-order valence-electron chi connectivity index (χ3n) is 5.15. The molecule has 132 valence electrons. The van der Waals surface area contributed by atoms with Crippen LogP contribution >= 0.6 is 0 Å². The Kier molecular flexibility index (Phi) is 4.03. The number of benzene rings is 1. The zero-order valence-electron chi connectivity index (χ0n) is 13.9. The number of hydrogen-bond acceptors (Lipinski definition) is 4. The molecule has 0 bridgehead atoms. The summed E-state index contributed by atoms with van der Waals surface area (Å²) < 4.78 is 14.7. The molecule has 1 atom stereocenters. The second kappa shape index (κ2) is 6.22. The van der Waals surface area contributed by atoms with Gasteiger partial charge in [-0.3, -0.25) is 4.79 Å². The first-order chi connectivity index (χ1) is 12.1. The van der Waals surface area contributed by atoms with E-state index in [0.29, 0.717) is 12.8 Å². The maximum Gasteiger partial charge on any atom is 0.248 e. The van der Waals surface area contributed by atoms with Gasteiger partial charge >= 0.3 is 0 Å². The summed E-state index contributed by atoms with van der Waals surface area (Å²) >= 11 is 0. The summed E-state index contributed by atoms with van der Waals surface area (Å²) in [7, 11) is 0. The molecule has 1 fully saturated rings. The number of aliphatic hydroxyl groups excluding tert-OH is 1. The highest BCUT2D eigenvalue weighted by Crippen LogP contribution is 2.43. The molecule has 2 aromatic rings. The molecule has 6 nitrogen and oxygen atoms in total. The summed E-state index contributed by atoms with van der Waals surface area (Å²) in [5.74, 6) is -0.269. The van der Waals surface area contributed by atoms with Crippen molar-refractivity contribution in [2.24, 2.45) is 0 Å². The van der Waals surface area contributed by atoms with Gasteiger partial charge in [-0.15, -0.1) is 5.10 Å². The van der Waals surface area contributed by atoms with Crippen LogP contribution in [0.1, 0.15) is 30.4 Å². The van der Waals surface area contributed by atoms with Crippen LogP contribution < -0.4 is 5.32 Å². The molecule has 1 saturated carbocycles. The van der Waals surface area contributed by atoms with Crippen LogP contribution in [0.5, 0.6) is 0 Å². The number of amides is 1. The number of aliphatic hydroxyl groups is 1. The van der Waals surface area contributed by atoms with Gasteiger partial charge in [0, 0.05) is 5.56 Å². The lowest BCUT2D eigenvalue weighted by molar-refractivity contribution is -0.126. The zero-order chi connectivity index (χ0) is 17.4. The number of halogens is 1. The van der Waals surface area contributed by atoms with E-state index in [4.69, 9.17) is 5.11 Å². The van der Waals surface area contributed by atoms with E-state index in [1.54, 1.807) is 10.9 Å². The molecule has 1 unspecified atom stereocenters. The van der Waals surface area contributed by atoms with Gasteiger partial charge in [0.1, 0.15) is 17.4 Å². The van der Waals surface area contributed by atoms with Crippen molar-refractivity contribution in [1.29, 1.82) is 0 Å². The van der Waals surface area contributed by atoms with Crippen molar-refractivity contribution in [1.82, 2.24) is 20.3 Å². The van der Waals surface area contributed by atoms with Crippen molar-refractivity contribution < 1.29 is 14.3 Å². The summed E-state index contributed by atoms with van der Waals surface area (Å²) in [6.45, 7) is -0.789. The Morgan fingerprint density at radius 2 is 2.16 bits per heavy atom. The molecule has 4 rings (SSSR count). The number of nitrogens with zero attached hydrogens (tertiary/aromatic N) is 3. The molecule has 0 spiro atoms. The van der Waals surface area contributed by atoms with Gasteiger partial charge in [-0.2, -0.15) is 0 Å². The minimum Gasteiger partial charge on any atom is -0.393 e. The van der Waals surface area contributed by atoms with E-state index in [-0.39, 0.29) is 12.5 Å². The third kappa shape index (κ3) is 2.93. The fourth-order valence-electron chi connectivity index (χ4n) is 3.45. The molecule has 1 amide bonds. The van der Waals surface area contributed by atoms with Crippen LogP contribution in [-0.4, -0.2) is 45.3 Å². The van der Waals surface area contributed by atoms with Gasteiger partial charge in [0.15, 0.2) is 0 Å². The topological polar surface area (TPSA) is 80.0 Å². The number of nitrogens with one attached hydrogen (secondary N) is 1. The Bertz CT molecular complexity index is 800. The number of rotatable bonds is 6. The molecule has 1 heterocycles. The zero-order valence-corrected chi connectivity index (χ0v) is 13.9. The molecule has 25 heavy (non-hydrogen) atoms. The van der Waals surface area contributed by atoms with Gasteiger partial charge < -0.3 is 10.4 Å². The molecule has 0 aliphatic heterocycles. The fraction of sp³-hybridized carbons (Fsp3) is 0.500. The molecular formula is C18H21FN4O2. The van der Waals surface area contributed by atoms with Gasteiger partial charge in [0.2, 0.25) is 5.91 Å². The van der Waals surface area contributed by atoms with E-state index < -0.39 is 18.3 Å². The van der Waals surface area contributed by atoms with Crippen LogP contribution in [0, 0.1) is 0 Å². The predicted octanol–water partition coefficient (Wildman–Crippen LogP) is 1.37. The lowest BCUT2D eigenvalue weighted by atomic mass is 10.0. The second-order valence-electron chi connectivity index (χ2n) is 6.91. The Morgan fingerprint density at radius 3 is 2.92 bits per heavy atom. The third-order valence-corrected chi connectivity index (χ3v) is 5.15. The summed E-state index contributed by atoms with van der Waals surface area (Å²) in [6, 6.07) is 6.35. The van der Waals surface area contributed by atoms with Crippen LogP contribution in [0.2, 0.25) is 0 Å². The summed E-state index contributed by atoms with van der Waals surface area (Å²) in [6.07, 6.45) is 5.08. The van der Waals surface area contributed by atoms with E-state index in [1.807, 2.05) is 6.07 Å². The van der Waals surface area contributed by atoms with Crippen molar-refractivity contribution in [2.45, 2.75) is 43.8 Å². The van der Waals surface area contributed by atoms with Crippen molar-refractivity contribution in [2.75, 3.05) is 13.2 Å². The highest BCUT2D eigenvalue weighted by molar-refractivity contribution is 5.87. The van der Waals surface area contributed by atoms with Crippen LogP contribution in [0.4, 0.5) is 4.39 Å². The molecule has 2 N–H and O–H groups in total. The van der Waals surface area contributed by atoms with Crippen LogP contribution in [0.15, 0.2) is 24.4 Å². The monoisotopic (exact) mass is 344 g/mol. The van der Waals surface area contributed by atoms with Crippen molar-refractivity contribution in [3.63, 3.8) is 0 Å². The van der Waals surface area contributed by atoms with Crippen LogP contribution in [-0.2, 0) is 23.2 Å². The van der Waals surface area contributed by atoms with E-state index >= 15 is 0 Å². The normalized spacial score (nSPS) is 18.6. The minimum atomic E-state index is -1.45. The highest BCUT2D eigenvalue weighted by atomic mass is 19.1. The predicted molar refractivity (Wildman–Crippen MR) is 89.7 cm³/mol. The van der Waals surface area contributed by atoms with E-state index in [1.165, 1.54) is 17.5 Å². The largest absolute Gasteiger partial charge is 0.393 e. The quantitative estimate of drug-likeness (QED) is 0.829. The van der Waals surface area contributed by atoms with Gasteiger partial charge in [-0.25, -0.2) is 9.07 Å². The lowest BCUT2D eigenvalue weighted by Crippen LogP contribution is -2.42. The summed E-state index contributed by atoms with van der Waals surface area (Å²) in [5, 5.41) is 19.7. The molecule has 7 heteroatoms. The van der Waals surface area contributed by atoms with Crippen molar-refractivity contribution in [3.05, 3.63) is 35.5 Å². The number of aryl methyl sites for hydroxylation is 2. The molecule has 2 aliphatic rings. The van der Waals surface area contributed by atoms with Gasteiger partial charge in [0.05, 0.1) is 19.3 Å².